The highest BCUT2D eigenvalue weighted by molar-refractivity contribution is 6.00. The van der Waals surface area contributed by atoms with Crippen LogP contribution in [0, 0.1) is 11.3 Å². The van der Waals surface area contributed by atoms with Crippen LogP contribution >= 0.6 is 0 Å². The Kier molecular flexibility index (Phi) is 4.78. The first-order chi connectivity index (χ1) is 11.7. The number of rotatable bonds is 3. The van der Waals surface area contributed by atoms with Crippen molar-refractivity contribution in [2.24, 2.45) is 0 Å². The van der Waals surface area contributed by atoms with E-state index in [-0.39, 0.29) is 12.1 Å². The number of aliphatic hydroxyl groups is 1. The SMILES string of the molecule is N#CCc1ccc(NC(=O)Nc2cccc3c2CC(O)CC3)cc1. The van der Waals surface area contributed by atoms with Crippen molar-refractivity contribution in [1.29, 1.82) is 5.26 Å². The van der Waals surface area contributed by atoms with Crippen molar-refractivity contribution < 1.29 is 9.90 Å². The van der Waals surface area contributed by atoms with Gasteiger partial charge in [0.25, 0.3) is 0 Å². The molecule has 0 saturated carbocycles. The van der Waals surface area contributed by atoms with Gasteiger partial charge in [0.1, 0.15) is 0 Å². The maximum Gasteiger partial charge on any atom is 0.323 e. The van der Waals surface area contributed by atoms with Gasteiger partial charge in [-0.3, -0.25) is 0 Å². The highest BCUT2D eigenvalue weighted by Crippen LogP contribution is 2.28. The molecular formula is C19H19N3O2. The lowest BCUT2D eigenvalue weighted by atomic mass is 9.88. The summed E-state index contributed by atoms with van der Waals surface area (Å²) >= 11 is 0. The third-order valence-electron chi connectivity index (χ3n) is 4.20. The number of hydrogen-bond donors (Lipinski definition) is 3. The number of amides is 2. The summed E-state index contributed by atoms with van der Waals surface area (Å²) in [7, 11) is 0. The molecule has 0 radical (unpaired) electrons. The number of aryl methyl sites for hydroxylation is 1. The highest BCUT2D eigenvalue weighted by Gasteiger charge is 2.19. The molecule has 1 aliphatic rings. The summed E-state index contributed by atoms with van der Waals surface area (Å²) in [4.78, 5) is 12.2. The van der Waals surface area contributed by atoms with Crippen LogP contribution in [0.25, 0.3) is 0 Å². The van der Waals surface area contributed by atoms with E-state index in [1.807, 2.05) is 30.3 Å². The zero-order valence-corrected chi connectivity index (χ0v) is 13.2. The second-order valence-corrected chi connectivity index (χ2v) is 5.95. The Labute approximate surface area is 140 Å². The molecule has 1 unspecified atom stereocenters. The Hall–Kier alpha value is -2.84. The van der Waals surface area contributed by atoms with Crippen LogP contribution in [-0.4, -0.2) is 17.2 Å². The average molecular weight is 321 g/mol. The van der Waals surface area contributed by atoms with Crippen LogP contribution in [0.1, 0.15) is 23.1 Å². The summed E-state index contributed by atoms with van der Waals surface area (Å²) in [5.74, 6) is 0. The molecule has 1 aliphatic carbocycles. The summed E-state index contributed by atoms with van der Waals surface area (Å²) < 4.78 is 0. The number of nitrogens with zero attached hydrogens (tertiary/aromatic N) is 1. The lowest BCUT2D eigenvalue weighted by molar-refractivity contribution is 0.159. The minimum atomic E-state index is -0.351. The maximum atomic E-state index is 12.2. The van der Waals surface area contributed by atoms with E-state index in [1.165, 1.54) is 5.56 Å². The second kappa shape index (κ2) is 7.16. The van der Waals surface area contributed by atoms with Crippen LogP contribution in [-0.2, 0) is 19.3 Å². The van der Waals surface area contributed by atoms with Crippen LogP contribution in [0.4, 0.5) is 16.2 Å². The Morgan fingerprint density at radius 1 is 1.21 bits per heavy atom. The molecule has 3 rings (SSSR count). The Morgan fingerprint density at radius 2 is 2.00 bits per heavy atom. The van der Waals surface area contributed by atoms with E-state index < -0.39 is 0 Å². The largest absolute Gasteiger partial charge is 0.393 e. The van der Waals surface area contributed by atoms with Gasteiger partial charge >= 0.3 is 6.03 Å². The molecule has 0 aromatic heterocycles. The minimum Gasteiger partial charge on any atom is -0.393 e. The maximum absolute atomic E-state index is 12.2. The number of aliphatic hydroxyl groups excluding tert-OH is 1. The zero-order chi connectivity index (χ0) is 16.9. The molecule has 2 aromatic carbocycles. The molecule has 24 heavy (non-hydrogen) atoms. The molecule has 0 spiro atoms. The zero-order valence-electron chi connectivity index (χ0n) is 13.2. The van der Waals surface area contributed by atoms with Crippen molar-refractivity contribution in [2.75, 3.05) is 10.6 Å². The number of urea groups is 1. The summed E-state index contributed by atoms with van der Waals surface area (Å²) in [6.45, 7) is 0. The molecular weight excluding hydrogens is 302 g/mol. The first kappa shape index (κ1) is 16.0. The normalized spacial score (nSPS) is 15.9. The van der Waals surface area contributed by atoms with Gasteiger partial charge < -0.3 is 15.7 Å². The van der Waals surface area contributed by atoms with Gasteiger partial charge in [-0.05, 0) is 47.7 Å². The van der Waals surface area contributed by atoms with Gasteiger partial charge in [0.2, 0.25) is 0 Å². The van der Waals surface area contributed by atoms with Crippen LogP contribution in [0.3, 0.4) is 0 Å². The molecule has 5 heteroatoms. The van der Waals surface area contributed by atoms with Gasteiger partial charge in [-0.25, -0.2) is 4.79 Å². The van der Waals surface area contributed by atoms with Gasteiger partial charge in [0, 0.05) is 17.8 Å². The van der Waals surface area contributed by atoms with E-state index in [1.54, 1.807) is 12.1 Å². The van der Waals surface area contributed by atoms with Gasteiger partial charge in [-0.15, -0.1) is 0 Å². The molecule has 2 aromatic rings. The predicted octanol–water partition coefficient (Wildman–Crippen LogP) is 3.25. The first-order valence-corrected chi connectivity index (χ1v) is 7.98. The van der Waals surface area contributed by atoms with Crippen LogP contribution in [0.2, 0.25) is 0 Å². The third-order valence-corrected chi connectivity index (χ3v) is 4.20. The molecule has 0 aliphatic heterocycles. The topological polar surface area (TPSA) is 85.2 Å². The average Bonchev–Trinajstić information content (AvgIpc) is 2.57. The number of nitriles is 1. The summed E-state index contributed by atoms with van der Waals surface area (Å²) in [6, 6.07) is 14.8. The van der Waals surface area contributed by atoms with Crippen LogP contribution in [0.5, 0.6) is 0 Å². The van der Waals surface area contributed by atoms with Crippen LogP contribution in [0.15, 0.2) is 42.5 Å². The first-order valence-electron chi connectivity index (χ1n) is 7.98. The quantitative estimate of drug-likeness (QED) is 0.811. The standard InChI is InChI=1S/C19H19N3O2/c20-11-10-13-4-7-15(8-5-13)21-19(24)22-18-3-1-2-14-6-9-16(23)12-17(14)18/h1-5,7-8,16,23H,6,9-10,12H2,(H2,21,22,24). The van der Waals surface area contributed by atoms with Gasteiger partial charge in [0.15, 0.2) is 0 Å². The van der Waals surface area contributed by atoms with E-state index in [0.29, 0.717) is 18.5 Å². The highest BCUT2D eigenvalue weighted by atomic mass is 16.3. The third kappa shape index (κ3) is 3.73. The number of nitrogens with one attached hydrogen (secondary N) is 2. The monoisotopic (exact) mass is 321 g/mol. The Morgan fingerprint density at radius 3 is 2.75 bits per heavy atom. The number of anilines is 2. The predicted molar refractivity (Wildman–Crippen MR) is 92.9 cm³/mol. The summed E-state index contributed by atoms with van der Waals surface area (Å²) in [5, 5.41) is 24.2. The second-order valence-electron chi connectivity index (χ2n) is 5.95. The van der Waals surface area contributed by atoms with E-state index >= 15 is 0 Å². The van der Waals surface area contributed by atoms with Crippen molar-refractivity contribution in [3.8, 4) is 6.07 Å². The molecule has 5 nitrogen and oxygen atoms in total. The van der Waals surface area contributed by atoms with E-state index in [4.69, 9.17) is 5.26 Å². The lowest BCUT2D eigenvalue weighted by Gasteiger charge is -2.23. The van der Waals surface area contributed by atoms with E-state index in [0.717, 1.165) is 29.7 Å². The van der Waals surface area contributed by atoms with Gasteiger partial charge in [-0.2, -0.15) is 5.26 Å². The fourth-order valence-corrected chi connectivity index (χ4v) is 2.97. The number of carbonyl (C=O) groups excluding carboxylic acids is 1. The van der Waals surface area contributed by atoms with Gasteiger partial charge in [-0.1, -0.05) is 24.3 Å². The fraction of sp³-hybridized carbons (Fsp3) is 0.263. The van der Waals surface area contributed by atoms with Crippen molar-refractivity contribution in [3.05, 3.63) is 59.2 Å². The molecule has 0 heterocycles. The summed E-state index contributed by atoms with van der Waals surface area (Å²) in [5.41, 5.74) is 4.51. The van der Waals surface area contributed by atoms with E-state index in [9.17, 15) is 9.90 Å². The number of hydrogen-bond acceptors (Lipinski definition) is 3. The molecule has 122 valence electrons. The number of fused-ring (bicyclic) bond motifs is 1. The van der Waals surface area contributed by atoms with Crippen LogP contribution < -0.4 is 10.6 Å². The summed E-state index contributed by atoms with van der Waals surface area (Å²) in [6.07, 6.45) is 2.15. The molecule has 2 amide bonds. The molecule has 3 N–H and O–H groups in total. The molecule has 0 fully saturated rings. The number of benzene rings is 2. The van der Waals surface area contributed by atoms with Crippen molar-refractivity contribution in [3.63, 3.8) is 0 Å². The molecule has 0 bridgehead atoms. The van der Waals surface area contributed by atoms with Gasteiger partial charge in [0.05, 0.1) is 18.6 Å². The fourth-order valence-electron chi connectivity index (χ4n) is 2.97. The van der Waals surface area contributed by atoms with Crippen molar-refractivity contribution in [1.82, 2.24) is 0 Å². The number of carbonyl (C=O) groups is 1. The van der Waals surface area contributed by atoms with Crippen molar-refractivity contribution >= 4 is 17.4 Å². The Bertz CT molecular complexity index is 778. The Balaban J connectivity index is 1.68. The molecule has 0 saturated heterocycles. The smallest absolute Gasteiger partial charge is 0.323 e. The lowest BCUT2D eigenvalue weighted by Crippen LogP contribution is -2.24. The van der Waals surface area contributed by atoms with Crippen molar-refractivity contribution in [2.45, 2.75) is 31.8 Å². The van der Waals surface area contributed by atoms with E-state index in [2.05, 4.69) is 16.7 Å². The molecule has 1 atom stereocenters. The minimum absolute atomic E-state index is 0.323.